The lowest BCUT2D eigenvalue weighted by Crippen LogP contribution is -2.32. The maximum Gasteiger partial charge on any atom is 0.305 e. The number of nitro groups is 1. The van der Waals surface area contributed by atoms with E-state index in [1.54, 1.807) is 42.5 Å². The fourth-order valence-corrected chi connectivity index (χ4v) is 7.73. The van der Waals surface area contributed by atoms with Crippen LogP contribution in [0.5, 0.6) is 11.5 Å². The molecule has 2 aliphatic heterocycles. The first kappa shape index (κ1) is 28.2. The normalized spacial score (nSPS) is 19.0. The zero-order chi connectivity index (χ0) is 30.2. The van der Waals surface area contributed by atoms with Crippen LogP contribution in [-0.2, 0) is 14.4 Å². The molecule has 3 unspecified atom stereocenters. The molecule has 1 aromatic heterocycles. The second kappa shape index (κ2) is 11.4. The maximum atomic E-state index is 13.9. The zero-order valence-corrected chi connectivity index (χ0v) is 24.0. The number of thiazole rings is 1. The molecular weight excluding hydrogens is 596 g/mol. The third-order valence-electron chi connectivity index (χ3n) is 7.11. The largest absolute Gasteiger partial charge is 0.493 e. The molecule has 0 radical (unpaired) electrons. The van der Waals surface area contributed by atoms with Crippen LogP contribution in [0.4, 0.5) is 17.1 Å². The number of ether oxygens (including phenoxy) is 2. The van der Waals surface area contributed by atoms with Gasteiger partial charge in [-0.25, -0.2) is 4.90 Å². The van der Waals surface area contributed by atoms with Gasteiger partial charge in [-0.3, -0.25) is 29.3 Å². The molecule has 3 amide bonds. The Morgan fingerprint density at radius 3 is 2.47 bits per heavy atom. The number of hydrogen-bond acceptors (Lipinski definition) is 10. The number of fused-ring (bicyclic) bond motifs is 2. The van der Waals surface area contributed by atoms with Gasteiger partial charge in [0.2, 0.25) is 11.8 Å². The minimum absolute atomic E-state index is 0.167. The van der Waals surface area contributed by atoms with Gasteiger partial charge in [0.15, 0.2) is 18.1 Å². The molecule has 2 aliphatic rings. The number of thioether (sulfide) groups is 1. The highest BCUT2D eigenvalue weighted by molar-refractivity contribution is 8.00. The number of aromatic amines is 1. The van der Waals surface area contributed by atoms with Crippen LogP contribution < -0.4 is 24.6 Å². The summed E-state index contributed by atoms with van der Waals surface area (Å²) < 4.78 is 11.3. The van der Waals surface area contributed by atoms with E-state index in [9.17, 15) is 29.3 Å². The van der Waals surface area contributed by atoms with Gasteiger partial charge in [-0.1, -0.05) is 47.4 Å². The van der Waals surface area contributed by atoms with Crippen LogP contribution in [0.2, 0.25) is 0 Å². The Kier molecular flexibility index (Phi) is 7.46. The summed E-state index contributed by atoms with van der Waals surface area (Å²) in [5, 5.41) is 13.5. The molecule has 6 rings (SSSR count). The fourth-order valence-electron chi connectivity index (χ4n) is 5.21. The molecule has 3 aromatic carbocycles. The topological polar surface area (TPSA) is 161 Å². The van der Waals surface area contributed by atoms with Gasteiger partial charge < -0.3 is 19.8 Å². The first-order chi connectivity index (χ1) is 20.7. The maximum absolute atomic E-state index is 13.9. The van der Waals surface area contributed by atoms with E-state index >= 15 is 0 Å². The molecule has 3 heterocycles. The number of imide groups is 1. The first-order valence-electron chi connectivity index (χ1n) is 12.9. The molecule has 0 spiro atoms. The zero-order valence-electron chi connectivity index (χ0n) is 22.3. The number of benzene rings is 3. The number of nitrogens with one attached hydrogen (secondary N) is 2. The Hall–Kier alpha value is -4.95. The van der Waals surface area contributed by atoms with Gasteiger partial charge in [0, 0.05) is 28.6 Å². The number of nitro benzene ring substituents is 1. The summed E-state index contributed by atoms with van der Waals surface area (Å²) in [6.07, 6.45) is 0. The van der Waals surface area contributed by atoms with E-state index in [4.69, 9.17) is 9.47 Å². The highest BCUT2D eigenvalue weighted by Crippen LogP contribution is 2.53. The van der Waals surface area contributed by atoms with Gasteiger partial charge in [-0.15, -0.1) is 0 Å². The summed E-state index contributed by atoms with van der Waals surface area (Å²) in [5.74, 6) is -2.27. The number of carbonyl (C=O) groups is 3. The highest BCUT2D eigenvalue weighted by Gasteiger charge is 2.56. The van der Waals surface area contributed by atoms with Crippen molar-refractivity contribution in [3.8, 4) is 11.5 Å². The molecular formula is C29H22N4O8S2. The quantitative estimate of drug-likeness (QED) is 0.168. The van der Waals surface area contributed by atoms with Crippen LogP contribution >= 0.6 is 23.1 Å². The molecule has 1 saturated heterocycles. The number of H-pyrrole nitrogens is 1. The molecule has 0 aliphatic carbocycles. The van der Waals surface area contributed by atoms with Crippen molar-refractivity contribution in [3.63, 3.8) is 0 Å². The van der Waals surface area contributed by atoms with Crippen LogP contribution in [0.25, 0.3) is 0 Å². The second-order valence-electron chi connectivity index (χ2n) is 9.65. The van der Waals surface area contributed by atoms with Crippen molar-refractivity contribution < 1.29 is 28.8 Å². The van der Waals surface area contributed by atoms with Crippen molar-refractivity contribution in [3.05, 3.63) is 103 Å². The van der Waals surface area contributed by atoms with E-state index < -0.39 is 33.8 Å². The number of amides is 3. The van der Waals surface area contributed by atoms with Gasteiger partial charge in [0.05, 0.1) is 28.7 Å². The van der Waals surface area contributed by atoms with E-state index in [0.29, 0.717) is 32.7 Å². The van der Waals surface area contributed by atoms with Gasteiger partial charge >= 0.3 is 4.87 Å². The van der Waals surface area contributed by atoms with Crippen molar-refractivity contribution in [1.82, 2.24) is 4.98 Å². The minimum atomic E-state index is -0.861. The lowest BCUT2D eigenvalue weighted by Gasteiger charge is -2.30. The van der Waals surface area contributed by atoms with Gasteiger partial charge in [0.25, 0.3) is 11.6 Å². The lowest BCUT2D eigenvalue weighted by atomic mass is 9.83. The molecule has 2 N–H and O–H groups in total. The molecule has 1 fully saturated rings. The number of para-hydroxylation sites is 1. The van der Waals surface area contributed by atoms with Crippen molar-refractivity contribution in [2.45, 2.75) is 16.2 Å². The molecule has 218 valence electrons. The number of rotatable bonds is 8. The van der Waals surface area contributed by atoms with E-state index in [0.717, 1.165) is 28.0 Å². The SMILES string of the molecule is COc1cc(C2c3sc(=O)[nH]c3SC3C(=O)N(c4ccc([N+](=O)[O-])cc4)C(=O)C32)ccc1OCC(=O)Nc1ccccc1. The number of anilines is 2. The number of nitrogens with zero attached hydrogens (tertiary/aromatic N) is 2. The smallest absolute Gasteiger partial charge is 0.305 e. The van der Waals surface area contributed by atoms with Crippen LogP contribution in [0, 0.1) is 16.0 Å². The van der Waals surface area contributed by atoms with Crippen molar-refractivity contribution in [1.29, 1.82) is 0 Å². The Bertz CT molecular complexity index is 1810. The van der Waals surface area contributed by atoms with Gasteiger partial charge in [0.1, 0.15) is 5.25 Å². The molecule has 4 aromatic rings. The Balaban J connectivity index is 1.30. The van der Waals surface area contributed by atoms with E-state index in [2.05, 4.69) is 10.3 Å². The summed E-state index contributed by atoms with van der Waals surface area (Å²) in [7, 11) is 1.44. The third-order valence-corrected chi connectivity index (χ3v) is 9.51. The van der Waals surface area contributed by atoms with E-state index in [-0.39, 0.29) is 28.8 Å². The summed E-state index contributed by atoms with van der Waals surface area (Å²) in [6.45, 7) is -0.282. The van der Waals surface area contributed by atoms with E-state index in [1.807, 2.05) is 6.07 Å². The summed E-state index contributed by atoms with van der Waals surface area (Å²) in [5.41, 5.74) is 1.29. The lowest BCUT2D eigenvalue weighted by molar-refractivity contribution is -0.384. The van der Waals surface area contributed by atoms with Crippen LogP contribution in [-0.4, -0.2) is 46.6 Å². The Labute approximate surface area is 251 Å². The average molecular weight is 619 g/mol. The first-order valence-corrected chi connectivity index (χ1v) is 14.6. The van der Waals surface area contributed by atoms with Gasteiger partial charge in [-0.2, -0.15) is 0 Å². The second-order valence-corrected chi connectivity index (χ2v) is 11.8. The number of methoxy groups -OCH3 is 1. The van der Waals surface area contributed by atoms with Crippen molar-refractivity contribution >= 4 is 57.9 Å². The third kappa shape index (κ3) is 5.26. The number of aromatic nitrogens is 1. The molecule has 0 saturated carbocycles. The van der Waals surface area contributed by atoms with Crippen LogP contribution in [0.1, 0.15) is 16.4 Å². The van der Waals surface area contributed by atoms with E-state index in [1.165, 1.54) is 31.4 Å². The predicted molar refractivity (Wildman–Crippen MR) is 159 cm³/mol. The monoisotopic (exact) mass is 618 g/mol. The standard InChI is InChI=1S/C29H22N4O8S2/c1-40-20-13-15(7-12-19(20)41-14-21(34)30-16-5-3-2-4-6-16)22-23-25(42-26-24(22)43-29(37)31-26)28(36)32(27(23)35)17-8-10-18(11-9-17)33(38)39/h2-13,22-23,25H,14H2,1H3,(H,30,34)(H,31,37). The highest BCUT2D eigenvalue weighted by atomic mass is 32.2. The fraction of sp³-hybridized carbons (Fsp3) is 0.172. The molecule has 12 nitrogen and oxygen atoms in total. The minimum Gasteiger partial charge on any atom is -0.493 e. The number of hydrogen-bond donors (Lipinski definition) is 2. The molecule has 14 heteroatoms. The Morgan fingerprint density at radius 1 is 1.02 bits per heavy atom. The summed E-state index contributed by atoms with van der Waals surface area (Å²) in [6, 6.07) is 19.1. The van der Waals surface area contributed by atoms with Gasteiger partial charge in [-0.05, 0) is 42.0 Å². The van der Waals surface area contributed by atoms with Crippen LogP contribution in [0.3, 0.4) is 0 Å². The number of carbonyl (C=O) groups excluding carboxylic acids is 3. The molecule has 3 atom stereocenters. The molecule has 43 heavy (non-hydrogen) atoms. The molecule has 0 bridgehead atoms. The summed E-state index contributed by atoms with van der Waals surface area (Å²) >= 11 is 2.09. The van der Waals surface area contributed by atoms with Crippen LogP contribution in [0.15, 0.2) is 82.6 Å². The van der Waals surface area contributed by atoms with Crippen molar-refractivity contribution in [2.75, 3.05) is 23.9 Å². The predicted octanol–water partition coefficient (Wildman–Crippen LogP) is 4.17. The average Bonchev–Trinajstić information content (AvgIpc) is 3.50. The Morgan fingerprint density at radius 2 is 1.77 bits per heavy atom. The number of non-ortho nitro benzene ring substituents is 1. The van der Waals surface area contributed by atoms with Crippen molar-refractivity contribution in [2.24, 2.45) is 5.92 Å². The summed E-state index contributed by atoms with van der Waals surface area (Å²) in [4.78, 5) is 67.0.